The first kappa shape index (κ1) is 21.4. The van der Waals surface area contributed by atoms with Crippen LogP contribution in [0, 0.1) is 23.3 Å². The summed E-state index contributed by atoms with van der Waals surface area (Å²) in [7, 11) is 0. The van der Waals surface area contributed by atoms with E-state index in [2.05, 4.69) is 0 Å². The summed E-state index contributed by atoms with van der Waals surface area (Å²) in [4.78, 5) is -10.9. The fourth-order valence-corrected chi connectivity index (χ4v) is 1.86. The fourth-order valence-electron chi connectivity index (χ4n) is 1.47. The van der Waals surface area contributed by atoms with Crippen LogP contribution in [0.4, 0.5) is 52.7 Å². The summed E-state index contributed by atoms with van der Waals surface area (Å²) in [6.07, 6.45) is 0. The first-order valence-corrected chi connectivity index (χ1v) is 6.73. The van der Waals surface area contributed by atoms with Gasteiger partial charge in [0.1, 0.15) is 11.1 Å². The Morgan fingerprint density at radius 1 is 0.458 bits per heavy atom. The number of alkyl halides is 10. The molecule has 1 rings (SSSR count). The zero-order chi connectivity index (χ0) is 19.5. The zero-order valence-electron chi connectivity index (χ0n) is 10.3. The lowest BCUT2D eigenvalue weighted by Gasteiger charge is -2.26. The van der Waals surface area contributed by atoms with Gasteiger partial charge in [-0.05, 0) is 31.9 Å². The average Bonchev–Trinajstić information content (AvgIpc) is 2.33. The molecule has 0 radical (unpaired) electrons. The van der Waals surface area contributed by atoms with Gasteiger partial charge in [0.25, 0.3) is 0 Å². The molecule has 0 aliphatic rings. The minimum Gasteiger partial charge on any atom is -0.203 e. The van der Waals surface area contributed by atoms with Crippen molar-refractivity contribution < 1.29 is 52.7 Å². The van der Waals surface area contributed by atoms with Crippen LogP contribution in [0.25, 0.3) is 0 Å². The molecular formula is C10Br2F12. The number of hydrogen-bond acceptors (Lipinski definition) is 0. The Balaban J connectivity index is 3.91. The fraction of sp³-hybridized carbons (Fsp3) is 0.400. The second-order valence-corrected chi connectivity index (χ2v) is 6.14. The summed E-state index contributed by atoms with van der Waals surface area (Å²) in [5.41, 5.74) is -6.51. The van der Waals surface area contributed by atoms with Crippen molar-refractivity contribution in [2.75, 3.05) is 0 Å². The van der Waals surface area contributed by atoms with Gasteiger partial charge in [-0.3, -0.25) is 0 Å². The Morgan fingerprint density at radius 3 is 0.750 bits per heavy atom. The Hall–Kier alpha value is -0.660. The molecule has 0 aromatic heterocycles. The molecular weight excluding hydrogens is 508 g/mol. The molecule has 0 amide bonds. The molecule has 0 aliphatic heterocycles. The van der Waals surface area contributed by atoms with Crippen molar-refractivity contribution >= 4 is 31.9 Å². The van der Waals surface area contributed by atoms with E-state index >= 15 is 0 Å². The summed E-state index contributed by atoms with van der Waals surface area (Å²) < 4.78 is 157. The molecule has 0 saturated heterocycles. The standard InChI is InChI=1S/C10Br2F12/c11-9(21,22)7(17,18)1-3(13)5(15)2(6(16)4(1)14)8(19,20)10(12,23)24. The molecule has 0 fully saturated rings. The number of hydrogen-bond donors (Lipinski definition) is 0. The van der Waals surface area contributed by atoms with E-state index in [0.29, 0.717) is 0 Å². The van der Waals surface area contributed by atoms with E-state index < -0.39 is 55.9 Å². The molecule has 1 aromatic rings. The summed E-state index contributed by atoms with van der Waals surface area (Å²) in [5, 5.41) is 0. The van der Waals surface area contributed by atoms with Crippen LogP contribution < -0.4 is 0 Å². The molecule has 0 spiro atoms. The third-order valence-electron chi connectivity index (χ3n) is 2.60. The van der Waals surface area contributed by atoms with E-state index in [1.807, 2.05) is 0 Å². The maximum atomic E-state index is 13.4. The SMILES string of the molecule is Fc1c(F)c(C(F)(F)C(F)(F)Br)c(F)c(F)c1C(F)(F)C(F)(F)Br. The van der Waals surface area contributed by atoms with E-state index in [9.17, 15) is 52.7 Å². The number of halogens is 14. The molecule has 0 N–H and O–H groups in total. The molecule has 1 aromatic carbocycles. The van der Waals surface area contributed by atoms with Gasteiger partial charge in [0.15, 0.2) is 23.3 Å². The van der Waals surface area contributed by atoms with E-state index in [1.165, 1.54) is 0 Å². The highest BCUT2D eigenvalue weighted by Crippen LogP contribution is 2.53. The minimum atomic E-state index is -5.95. The van der Waals surface area contributed by atoms with Crippen LogP contribution in [-0.4, -0.2) is 9.66 Å². The molecule has 138 valence electrons. The lowest BCUT2D eigenvalue weighted by atomic mass is 9.99. The first-order chi connectivity index (χ1) is 10.4. The van der Waals surface area contributed by atoms with Crippen LogP contribution in [0.1, 0.15) is 11.1 Å². The predicted molar refractivity (Wildman–Crippen MR) is 61.8 cm³/mol. The summed E-state index contributed by atoms with van der Waals surface area (Å²) in [5.74, 6) is -25.4. The van der Waals surface area contributed by atoms with Crippen molar-refractivity contribution in [3.05, 3.63) is 34.4 Å². The molecule has 0 nitrogen and oxygen atoms in total. The van der Waals surface area contributed by atoms with Crippen LogP contribution in [0.5, 0.6) is 0 Å². The van der Waals surface area contributed by atoms with Gasteiger partial charge in [0, 0.05) is 0 Å². The third kappa shape index (κ3) is 3.10. The van der Waals surface area contributed by atoms with Crippen molar-refractivity contribution in [1.82, 2.24) is 0 Å². The van der Waals surface area contributed by atoms with Crippen molar-refractivity contribution in [1.29, 1.82) is 0 Å². The smallest absolute Gasteiger partial charge is 0.203 e. The maximum Gasteiger partial charge on any atom is 0.368 e. The summed E-state index contributed by atoms with van der Waals surface area (Å²) in [6.45, 7) is 0. The Morgan fingerprint density at radius 2 is 0.625 bits per heavy atom. The predicted octanol–water partition coefficient (Wildman–Crippen LogP) is 6.40. The summed E-state index contributed by atoms with van der Waals surface area (Å²) >= 11 is 2.01. The monoisotopic (exact) mass is 506 g/mol. The second-order valence-electron chi connectivity index (χ2n) is 4.15. The van der Waals surface area contributed by atoms with Gasteiger partial charge in [-0.15, -0.1) is 0 Å². The number of benzene rings is 1. The highest BCUT2D eigenvalue weighted by Gasteiger charge is 2.63. The van der Waals surface area contributed by atoms with E-state index in [0.717, 1.165) is 31.9 Å². The van der Waals surface area contributed by atoms with Crippen molar-refractivity contribution in [2.45, 2.75) is 21.5 Å². The number of rotatable bonds is 4. The Bertz CT molecular complexity index is 571. The van der Waals surface area contributed by atoms with E-state index in [4.69, 9.17) is 0 Å². The lowest BCUT2D eigenvalue weighted by Crippen LogP contribution is -2.38. The molecule has 0 bridgehead atoms. The molecule has 0 unspecified atom stereocenters. The molecule has 14 heteroatoms. The largest absolute Gasteiger partial charge is 0.368 e. The first-order valence-electron chi connectivity index (χ1n) is 5.15. The second kappa shape index (κ2) is 5.95. The lowest BCUT2D eigenvalue weighted by molar-refractivity contribution is -0.162. The Labute approximate surface area is 141 Å². The van der Waals surface area contributed by atoms with Crippen LogP contribution in [0.15, 0.2) is 0 Å². The molecule has 0 aliphatic carbocycles. The van der Waals surface area contributed by atoms with Gasteiger partial charge in [0.05, 0.1) is 0 Å². The molecule has 0 atom stereocenters. The molecule has 0 saturated carbocycles. The maximum absolute atomic E-state index is 13.4. The van der Waals surface area contributed by atoms with E-state index in [1.54, 1.807) is 0 Å². The van der Waals surface area contributed by atoms with Gasteiger partial charge in [0.2, 0.25) is 0 Å². The minimum absolute atomic E-state index is 1.01. The van der Waals surface area contributed by atoms with Crippen LogP contribution in [0.2, 0.25) is 0 Å². The van der Waals surface area contributed by atoms with Gasteiger partial charge in [-0.1, -0.05) is 0 Å². The van der Waals surface area contributed by atoms with Gasteiger partial charge in [-0.25, -0.2) is 17.6 Å². The van der Waals surface area contributed by atoms with Gasteiger partial charge >= 0.3 is 21.5 Å². The summed E-state index contributed by atoms with van der Waals surface area (Å²) in [6, 6.07) is 0. The quantitative estimate of drug-likeness (QED) is 0.251. The topological polar surface area (TPSA) is 0 Å². The normalized spacial score (nSPS) is 14.2. The highest BCUT2D eigenvalue weighted by atomic mass is 79.9. The van der Waals surface area contributed by atoms with Gasteiger partial charge in [-0.2, -0.15) is 35.1 Å². The zero-order valence-corrected chi connectivity index (χ0v) is 13.5. The average molecular weight is 508 g/mol. The van der Waals surface area contributed by atoms with Crippen molar-refractivity contribution in [3.8, 4) is 0 Å². The van der Waals surface area contributed by atoms with Crippen LogP contribution in [0.3, 0.4) is 0 Å². The molecule has 0 heterocycles. The van der Waals surface area contributed by atoms with Crippen LogP contribution in [-0.2, 0) is 11.8 Å². The van der Waals surface area contributed by atoms with Crippen molar-refractivity contribution in [3.63, 3.8) is 0 Å². The van der Waals surface area contributed by atoms with Gasteiger partial charge < -0.3 is 0 Å². The van der Waals surface area contributed by atoms with Crippen LogP contribution >= 0.6 is 31.9 Å². The molecule has 24 heavy (non-hydrogen) atoms. The Kier molecular flexibility index (Phi) is 5.30. The third-order valence-corrected chi connectivity index (χ3v) is 3.60. The highest BCUT2D eigenvalue weighted by molar-refractivity contribution is 9.10. The van der Waals surface area contributed by atoms with E-state index in [-0.39, 0.29) is 0 Å². The van der Waals surface area contributed by atoms with Crippen molar-refractivity contribution in [2.24, 2.45) is 0 Å².